The highest BCUT2D eigenvalue weighted by atomic mass is 32.2. The van der Waals surface area contributed by atoms with Crippen LogP contribution in [0.1, 0.15) is 29.8 Å². The molecule has 0 aromatic heterocycles. The fourth-order valence-electron chi connectivity index (χ4n) is 2.60. The third kappa shape index (κ3) is 4.91. The van der Waals surface area contributed by atoms with Crippen LogP contribution in [0.25, 0.3) is 0 Å². The average Bonchev–Trinajstić information content (AvgIpc) is 2.63. The predicted octanol–water partition coefficient (Wildman–Crippen LogP) is 4.27. The van der Waals surface area contributed by atoms with E-state index in [1.165, 1.54) is 0 Å². The number of carbonyl (C=O) groups is 1. The van der Waals surface area contributed by atoms with Crippen molar-refractivity contribution in [3.05, 3.63) is 59.2 Å². The normalized spacial score (nSPS) is 12.3. The highest BCUT2D eigenvalue weighted by Gasteiger charge is 2.34. The van der Waals surface area contributed by atoms with E-state index in [1.54, 1.807) is 13.8 Å². The molecule has 0 spiro atoms. The molecule has 0 atom stereocenters. The summed E-state index contributed by atoms with van der Waals surface area (Å²) >= 11 is 0. The second kappa shape index (κ2) is 8.46. The topological polar surface area (TPSA) is 66.5 Å². The molecule has 2 aromatic rings. The number of nitrogens with one attached hydrogen (secondary N) is 1. The molecule has 0 fully saturated rings. The van der Waals surface area contributed by atoms with Crippen molar-refractivity contribution in [2.45, 2.75) is 24.9 Å². The van der Waals surface area contributed by atoms with Gasteiger partial charge in [-0.2, -0.15) is 17.5 Å². The molecular weight excluding hydrogens is 419 g/mol. The van der Waals surface area contributed by atoms with Crippen molar-refractivity contribution in [1.82, 2.24) is 4.31 Å². The number of sulfonamides is 1. The smallest absolute Gasteiger partial charge is 0.321 e. The van der Waals surface area contributed by atoms with E-state index in [2.05, 4.69) is 0 Å². The maximum Gasteiger partial charge on any atom is 0.418 e. The van der Waals surface area contributed by atoms with E-state index in [0.29, 0.717) is 0 Å². The summed E-state index contributed by atoms with van der Waals surface area (Å²) < 4.78 is 92.6. The van der Waals surface area contributed by atoms with Crippen molar-refractivity contribution in [1.29, 1.82) is 0 Å². The SMILES string of the molecule is CCN(CC)S(=O)(=O)c1cc(C(=O)Nc2ccc(F)cc2C(F)(F)F)ccc1F. The molecule has 2 rings (SSSR count). The van der Waals surface area contributed by atoms with Crippen molar-refractivity contribution in [3.63, 3.8) is 0 Å². The van der Waals surface area contributed by atoms with Gasteiger partial charge in [-0.1, -0.05) is 13.8 Å². The number of halogens is 5. The van der Waals surface area contributed by atoms with Crippen molar-refractivity contribution in [2.24, 2.45) is 0 Å². The van der Waals surface area contributed by atoms with Gasteiger partial charge in [-0.3, -0.25) is 4.79 Å². The van der Waals surface area contributed by atoms with Gasteiger partial charge in [0.15, 0.2) is 0 Å². The van der Waals surface area contributed by atoms with Crippen molar-refractivity contribution < 1.29 is 35.2 Å². The van der Waals surface area contributed by atoms with Gasteiger partial charge in [-0.25, -0.2) is 17.2 Å². The summed E-state index contributed by atoms with van der Waals surface area (Å²) in [7, 11) is -4.25. The van der Waals surface area contributed by atoms with E-state index < -0.39 is 49.9 Å². The van der Waals surface area contributed by atoms with Crippen LogP contribution in [-0.4, -0.2) is 31.7 Å². The Morgan fingerprint density at radius 3 is 2.21 bits per heavy atom. The summed E-state index contributed by atoms with van der Waals surface area (Å²) in [6.45, 7) is 3.20. The zero-order valence-electron chi connectivity index (χ0n) is 15.3. The Morgan fingerprint density at radius 2 is 1.66 bits per heavy atom. The lowest BCUT2D eigenvalue weighted by molar-refractivity contribution is -0.137. The van der Waals surface area contributed by atoms with Crippen molar-refractivity contribution in [2.75, 3.05) is 18.4 Å². The number of alkyl halides is 3. The largest absolute Gasteiger partial charge is 0.418 e. The Morgan fingerprint density at radius 1 is 1.03 bits per heavy atom. The van der Waals surface area contributed by atoms with Crippen molar-refractivity contribution >= 4 is 21.6 Å². The number of hydrogen-bond donors (Lipinski definition) is 1. The molecule has 0 aliphatic rings. The predicted molar refractivity (Wildman–Crippen MR) is 95.9 cm³/mol. The number of rotatable bonds is 6. The second-order valence-corrected chi connectivity index (χ2v) is 7.78. The first-order valence-electron chi connectivity index (χ1n) is 8.39. The van der Waals surface area contributed by atoms with Crippen LogP contribution in [0.3, 0.4) is 0 Å². The van der Waals surface area contributed by atoms with Crippen LogP contribution in [0.5, 0.6) is 0 Å². The maximum atomic E-state index is 14.1. The van der Waals surface area contributed by atoms with Crippen LogP contribution < -0.4 is 5.32 Å². The highest BCUT2D eigenvalue weighted by Crippen LogP contribution is 2.35. The number of nitrogens with zero attached hydrogens (tertiary/aromatic N) is 1. The van der Waals surface area contributed by atoms with Crippen LogP contribution in [0.4, 0.5) is 27.6 Å². The van der Waals surface area contributed by atoms with E-state index in [0.717, 1.165) is 34.6 Å². The van der Waals surface area contributed by atoms with Gasteiger partial charge >= 0.3 is 6.18 Å². The lowest BCUT2D eigenvalue weighted by atomic mass is 10.1. The van der Waals surface area contributed by atoms with Crippen LogP contribution in [0.15, 0.2) is 41.3 Å². The molecule has 0 bridgehead atoms. The first-order valence-corrected chi connectivity index (χ1v) is 9.83. The van der Waals surface area contributed by atoms with Gasteiger partial charge in [0.05, 0.1) is 11.3 Å². The lowest BCUT2D eigenvalue weighted by Gasteiger charge is -2.19. The fraction of sp³-hybridized carbons (Fsp3) is 0.278. The van der Waals surface area contributed by atoms with E-state index in [-0.39, 0.29) is 24.7 Å². The van der Waals surface area contributed by atoms with E-state index >= 15 is 0 Å². The molecule has 2 aromatic carbocycles. The number of benzene rings is 2. The minimum absolute atomic E-state index is 0.0548. The van der Waals surface area contributed by atoms with Gasteiger partial charge in [0, 0.05) is 18.7 Å². The summed E-state index contributed by atoms with van der Waals surface area (Å²) in [4.78, 5) is 11.6. The summed E-state index contributed by atoms with van der Waals surface area (Å²) in [6.07, 6.45) is -4.94. The molecule has 0 saturated heterocycles. The van der Waals surface area contributed by atoms with Crippen LogP contribution >= 0.6 is 0 Å². The molecule has 0 aliphatic heterocycles. The summed E-state index contributed by atoms with van der Waals surface area (Å²) in [5.41, 5.74) is -2.51. The third-order valence-electron chi connectivity index (χ3n) is 4.05. The van der Waals surface area contributed by atoms with Gasteiger partial charge in [0.1, 0.15) is 16.5 Å². The minimum Gasteiger partial charge on any atom is -0.321 e. The van der Waals surface area contributed by atoms with Crippen LogP contribution in [0, 0.1) is 11.6 Å². The molecule has 29 heavy (non-hydrogen) atoms. The van der Waals surface area contributed by atoms with Gasteiger partial charge in [-0.05, 0) is 36.4 Å². The monoisotopic (exact) mass is 436 g/mol. The lowest BCUT2D eigenvalue weighted by Crippen LogP contribution is -2.31. The van der Waals surface area contributed by atoms with E-state index in [1.807, 2.05) is 5.32 Å². The molecule has 0 unspecified atom stereocenters. The van der Waals surface area contributed by atoms with E-state index in [4.69, 9.17) is 0 Å². The molecule has 11 heteroatoms. The Hall–Kier alpha value is -2.53. The van der Waals surface area contributed by atoms with Gasteiger partial charge in [0.25, 0.3) is 5.91 Å². The first kappa shape index (κ1) is 22.8. The minimum atomic E-state index is -4.94. The Balaban J connectivity index is 2.44. The molecule has 0 heterocycles. The maximum absolute atomic E-state index is 14.1. The summed E-state index contributed by atoms with van der Waals surface area (Å²) in [5, 5.41) is 1.96. The standard InChI is InChI=1S/C18H17F5N2O3S/c1-3-25(4-2)29(27,28)16-9-11(5-7-14(16)20)17(26)24-15-8-6-12(19)10-13(15)18(21,22)23/h5-10H,3-4H2,1-2H3,(H,24,26). The molecule has 0 radical (unpaired) electrons. The molecule has 5 nitrogen and oxygen atoms in total. The fourth-order valence-corrected chi connectivity index (χ4v) is 4.15. The van der Waals surface area contributed by atoms with Gasteiger partial charge < -0.3 is 5.32 Å². The molecule has 0 aliphatic carbocycles. The average molecular weight is 436 g/mol. The molecular formula is C18H17F5N2O3S. The number of carbonyl (C=O) groups excluding carboxylic acids is 1. The Kier molecular flexibility index (Phi) is 6.63. The molecule has 158 valence electrons. The van der Waals surface area contributed by atoms with Gasteiger partial charge in [-0.15, -0.1) is 0 Å². The van der Waals surface area contributed by atoms with Crippen molar-refractivity contribution in [3.8, 4) is 0 Å². The number of anilines is 1. The highest BCUT2D eigenvalue weighted by molar-refractivity contribution is 7.89. The Bertz CT molecular complexity index is 1020. The molecule has 1 amide bonds. The Labute approximate surface area is 164 Å². The first-order chi connectivity index (χ1) is 13.4. The quantitative estimate of drug-likeness (QED) is 0.688. The number of hydrogen-bond acceptors (Lipinski definition) is 3. The number of amides is 1. The zero-order chi connectivity index (χ0) is 22.0. The summed E-state index contributed by atoms with van der Waals surface area (Å²) in [5.74, 6) is -3.37. The van der Waals surface area contributed by atoms with Crippen LogP contribution in [0.2, 0.25) is 0 Å². The zero-order valence-corrected chi connectivity index (χ0v) is 16.2. The molecule has 1 N–H and O–H groups in total. The second-order valence-electron chi connectivity index (χ2n) is 5.88. The molecule has 0 saturated carbocycles. The summed E-state index contributed by atoms with van der Waals surface area (Å²) in [6, 6.07) is 4.09. The van der Waals surface area contributed by atoms with E-state index in [9.17, 15) is 35.2 Å². The third-order valence-corrected chi connectivity index (χ3v) is 6.12. The van der Waals surface area contributed by atoms with Gasteiger partial charge in [0.2, 0.25) is 10.0 Å². The van der Waals surface area contributed by atoms with Crippen LogP contribution in [-0.2, 0) is 16.2 Å².